The molecule has 0 bridgehead atoms. The zero-order valence-electron chi connectivity index (χ0n) is 22.5. The average Bonchev–Trinajstić information content (AvgIpc) is 2.96. The summed E-state index contributed by atoms with van der Waals surface area (Å²) in [5, 5.41) is 26.1. The Bertz CT molecular complexity index is 1350. The van der Waals surface area contributed by atoms with Gasteiger partial charge >= 0.3 is 30.3 Å². The summed E-state index contributed by atoms with van der Waals surface area (Å²) in [5.74, 6) is -7.06. The normalized spacial score (nSPS) is 11.1. The van der Waals surface area contributed by atoms with Crippen molar-refractivity contribution in [2.75, 3.05) is 5.73 Å². The highest BCUT2D eigenvalue weighted by Gasteiger charge is 2.38. The maximum Gasteiger partial charge on any atom is 0.490 e. The van der Waals surface area contributed by atoms with Crippen LogP contribution in [-0.2, 0) is 27.5 Å². The molecule has 0 heterocycles. The molecule has 0 aliphatic heterocycles. The fourth-order valence-corrected chi connectivity index (χ4v) is 2.71. The van der Waals surface area contributed by atoms with E-state index < -0.39 is 42.2 Å². The van der Waals surface area contributed by atoms with E-state index in [9.17, 15) is 41.0 Å². The number of nitrogen functional groups attached to an aromatic ring is 1. The number of anilines is 1. The molecule has 3 rings (SSSR count). The second kappa shape index (κ2) is 18.4. The Kier molecular flexibility index (Phi) is 16.2. The van der Waals surface area contributed by atoms with Gasteiger partial charge in [0.2, 0.25) is 0 Å². The minimum atomic E-state index is -5.08. The van der Waals surface area contributed by atoms with Gasteiger partial charge in [0, 0.05) is 24.3 Å². The molecule has 0 saturated carbocycles. The first-order chi connectivity index (χ1) is 20.3. The Morgan fingerprint density at radius 3 is 1.48 bits per heavy atom. The predicted octanol–water partition coefficient (Wildman–Crippen LogP) is 3.70. The van der Waals surface area contributed by atoms with Crippen LogP contribution in [0, 0.1) is 0 Å². The molecule has 0 spiro atoms. The largest absolute Gasteiger partial charge is 0.490 e. The van der Waals surface area contributed by atoms with Crippen LogP contribution in [0.4, 0.5) is 32.0 Å². The van der Waals surface area contributed by atoms with Crippen LogP contribution in [0.5, 0.6) is 0 Å². The molecule has 0 saturated heterocycles. The van der Waals surface area contributed by atoms with E-state index in [-0.39, 0.29) is 0 Å². The third-order valence-electron chi connectivity index (χ3n) is 4.75. The van der Waals surface area contributed by atoms with Crippen molar-refractivity contribution in [1.82, 2.24) is 5.32 Å². The molecule has 17 heteroatoms. The highest BCUT2D eigenvalue weighted by atomic mass is 19.4. The average molecular weight is 635 g/mol. The van der Waals surface area contributed by atoms with Crippen molar-refractivity contribution in [3.63, 3.8) is 0 Å². The predicted molar refractivity (Wildman–Crippen MR) is 145 cm³/mol. The maximum atomic E-state index is 12.2. The third-order valence-corrected chi connectivity index (χ3v) is 4.75. The van der Waals surface area contributed by atoms with Gasteiger partial charge in [-0.15, -0.1) is 0 Å². The number of carbonyl (C=O) groups excluding carboxylic acids is 1. The monoisotopic (exact) mass is 634 g/mol. The molecular formula is C27H28F6N4O7. The van der Waals surface area contributed by atoms with E-state index in [2.05, 4.69) is 5.32 Å². The summed E-state index contributed by atoms with van der Waals surface area (Å²) in [4.78, 5) is 41.3. The molecular weight excluding hydrogens is 606 g/mol. The second-order valence-electron chi connectivity index (χ2n) is 8.11. The third kappa shape index (κ3) is 15.7. The summed E-state index contributed by atoms with van der Waals surface area (Å²) in [7, 11) is 0. The molecule has 0 aromatic heterocycles. The molecule has 1 atom stereocenters. The van der Waals surface area contributed by atoms with Gasteiger partial charge in [0.15, 0.2) is 6.04 Å². The van der Waals surface area contributed by atoms with Crippen LogP contribution in [0.3, 0.4) is 0 Å². The lowest BCUT2D eigenvalue weighted by atomic mass is 10.1. The van der Waals surface area contributed by atoms with Gasteiger partial charge in [0.1, 0.15) is 0 Å². The Morgan fingerprint density at radius 2 is 1.11 bits per heavy atom. The Labute approximate surface area is 245 Å². The van der Waals surface area contributed by atoms with Crippen LogP contribution in [0.1, 0.15) is 33.1 Å². The number of hydrogen-bond donors (Lipinski definition) is 7. The molecule has 0 aliphatic carbocycles. The van der Waals surface area contributed by atoms with Crippen molar-refractivity contribution in [1.29, 1.82) is 0 Å². The number of carboxylic acids is 3. The van der Waals surface area contributed by atoms with Crippen molar-refractivity contribution in [3.05, 3.63) is 101 Å². The standard InChI is InChI=1S/C16H16N2O3.C7H10N2.2C2HF3O2/c17-10-11-5-4-8-13(9-11)15(19)18-14(16(20)21)12-6-2-1-3-7-12;8-5-6-2-1-3-7(9)4-6;2*3-2(4,5)1(6)7/h1-9,14H,10,17H2,(H,18,19)(H,20,21);1-4H,5,8-9H2;2*(H,6,7)/t14-;;;/m1.../s1. The number of hydrogen-bond acceptors (Lipinski definition) is 7. The zero-order valence-corrected chi connectivity index (χ0v) is 22.5. The molecule has 0 fully saturated rings. The van der Waals surface area contributed by atoms with Gasteiger partial charge in [-0.3, -0.25) is 4.79 Å². The van der Waals surface area contributed by atoms with Gasteiger partial charge in [0.25, 0.3) is 5.91 Å². The summed E-state index contributed by atoms with van der Waals surface area (Å²) in [6.45, 7) is 0.882. The minimum Gasteiger partial charge on any atom is -0.479 e. The van der Waals surface area contributed by atoms with Gasteiger partial charge in [-0.05, 0) is 41.0 Å². The van der Waals surface area contributed by atoms with Gasteiger partial charge in [0.05, 0.1) is 0 Å². The van der Waals surface area contributed by atoms with Crippen molar-refractivity contribution < 1.29 is 60.8 Å². The fraction of sp³-hybridized carbons (Fsp3) is 0.185. The molecule has 0 radical (unpaired) electrons. The Morgan fingerprint density at radius 1 is 0.682 bits per heavy atom. The highest BCUT2D eigenvalue weighted by Crippen LogP contribution is 2.15. The molecule has 0 aliphatic rings. The van der Waals surface area contributed by atoms with Crippen LogP contribution in [0.15, 0.2) is 78.9 Å². The lowest BCUT2D eigenvalue weighted by Crippen LogP contribution is -2.33. The first-order valence-electron chi connectivity index (χ1n) is 11.9. The van der Waals surface area contributed by atoms with Gasteiger partial charge < -0.3 is 37.8 Å². The Hall–Kier alpha value is -5.16. The molecule has 3 aromatic rings. The van der Waals surface area contributed by atoms with E-state index in [1.807, 2.05) is 30.3 Å². The number of halogens is 6. The molecule has 11 nitrogen and oxygen atoms in total. The summed E-state index contributed by atoms with van der Waals surface area (Å²) in [5.41, 5.74) is 20.0. The topological polar surface area (TPSA) is 219 Å². The lowest BCUT2D eigenvalue weighted by molar-refractivity contribution is -0.193. The first kappa shape index (κ1) is 38.8. The van der Waals surface area contributed by atoms with Crippen molar-refractivity contribution in [2.24, 2.45) is 11.5 Å². The Balaban J connectivity index is 0.000000661. The van der Waals surface area contributed by atoms with E-state index in [1.54, 1.807) is 48.5 Å². The van der Waals surface area contributed by atoms with Crippen LogP contribution in [0.2, 0.25) is 0 Å². The number of aliphatic carboxylic acids is 3. The number of carbonyl (C=O) groups is 4. The smallest absolute Gasteiger partial charge is 0.479 e. The minimum absolute atomic E-state index is 0.322. The van der Waals surface area contributed by atoms with Gasteiger partial charge in [-0.2, -0.15) is 26.3 Å². The van der Waals surface area contributed by atoms with E-state index in [4.69, 9.17) is 37.0 Å². The van der Waals surface area contributed by atoms with E-state index in [1.165, 1.54) is 0 Å². The number of amides is 1. The number of benzene rings is 3. The second-order valence-corrected chi connectivity index (χ2v) is 8.11. The number of nitrogens with one attached hydrogen (secondary N) is 1. The van der Waals surface area contributed by atoms with Crippen LogP contribution in [0.25, 0.3) is 0 Å². The fourth-order valence-electron chi connectivity index (χ4n) is 2.71. The number of carboxylic acid groups (broad SMARTS) is 3. The van der Waals surface area contributed by atoms with Crippen molar-refractivity contribution in [2.45, 2.75) is 31.5 Å². The molecule has 240 valence electrons. The molecule has 1 amide bonds. The van der Waals surface area contributed by atoms with Gasteiger partial charge in [-0.1, -0.05) is 54.6 Å². The summed E-state index contributed by atoms with van der Waals surface area (Å²) in [6, 6.07) is 21.9. The van der Waals surface area contributed by atoms with Gasteiger partial charge in [-0.25, -0.2) is 14.4 Å². The molecule has 10 N–H and O–H groups in total. The lowest BCUT2D eigenvalue weighted by Gasteiger charge is -2.15. The maximum absolute atomic E-state index is 12.2. The summed E-state index contributed by atoms with van der Waals surface area (Å²) in [6.07, 6.45) is -10.2. The first-order valence-corrected chi connectivity index (χ1v) is 11.9. The van der Waals surface area contributed by atoms with Crippen LogP contribution in [-0.4, -0.2) is 51.5 Å². The number of alkyl halides is 6. The van der Waals surface area contributed by atoms with E-state index >= 15 is 0 Å². The number of nitrogens with two attached hydrogens (primary N) is 3. The zero-order chi connectivity index (χ0) is 34.1. The quantitative estimate of drug-likeness (QED) is 0.154. The molecule has 0 unspecified atom stereocenters. The van der Waals surface area contributed by atoms with Crippen molar-refractivity contribution >= 4 is 29.5 Å². The van der Waals surface area contributed by atoms with Crippen LogP contribution < -0.4 is 22.5 Å². The highest BCUT2D eigenvalue weighted by molar-refractivity contribution is 5.97. The SMILES string of the molecule is NCc1cccc(C(=O)N[C@@H](C(=O)O)c2ccccc2)c1.NCc1cccc(N)c1.O=C(O)C(F)(F)F.O=C(O)C(F)(F)F. The van der Waals surface area contributed by atoms with E-state index in [0.29, 0.717) is 24.2 Å². The van der Waals surface area contributed by atoms with E-state index in [0.717, 1.165) is 16.8 Å². The summed E-state index contributed by atoms with van der Waals surface area (Å²) >= 11 is 0. The van der Waals surface area contributed by atoms with Crippen molar-refractivity contribution in [3.8, 4) is 0 Å². The molecule has 3 aromatic carbocycles. The van der Waals surface area contributed by atoms with Crippen LogP contribution >= 0.6 is 0 Å². The number of rotatable bonds is 6. The molecule has 44 heavy (non-hydrogen) atoms. The summed E-state index contributed by atoms with van der Waals surface area (Å²) < 4.78 is 63.5.